The van der Waals surface area contributed by atoms with Crippen LogP contribution in [0.25, 0.3) is 0 Å². The number of aryl methyl sites for hydroxylation is 2. The second kappa shape index (κ2) is 9.86. The molecule has 5 heteroatoms. The molecular formula is C27H35N3O2. The molecule has 5 nitrogen and oxygen atoms in total. The van der Waals surface area contributed by atoms with Gasteiger partial charge in [-0.2, -0.15) is 5.10 Å². The molecule has 1 amide bonds. The molecule has 1 saturated heterocycles. The normalized spacial score (nSPS) is 21.5. The van der Waals surface area contributed by atoms with Crippen molar-refractivity contribution in [2.75, 3.05) is 19.7 Å². The zero-order valence-electron chi connectivity index (χ0n) is 19.8. The van der Waals surface area contributed by atoms with Gasteiger partial charge in [0, 0.05) is 18.0 Å². The number of likely N-dealkylation sites (tertiary alicyclic amines) is 1. The van der Waals surface area contributed by atoms with Crippen molar-refractivity contribution in [1.29, 1.82) is 0 Å². The number of rotatable bonds is 6. The highest BCUT2D eigenvalue weighted by atomic mass is 16.5. The summed E-state index contributed by atoms with van der Waals surface area (Å²) in [6.45, 7) is 10.5. The number of benzene rings is 2. The fourth-order valence-electron chi connectivity index (χ4n) is 4.89. The highest BCUT2D eigenvalue weighted by molar-refractivity contribution is 6.04. The van der Waals surface area contributed by atoms with Crippen molar-refractivity contribution in [2.45, 2.75) is 65.5 Å². The van der Waals surface area contributed by atoms with Gasteiger partial charge in [0.2, 0.25) is 0 Å². The molecule has 2 aliphatic heterocycles. The summed E-state index contributed by atoms with van der Waals surface area (Å²) in [7, 11) is 0. The van der Waals surface area contributed by atoms with Crippen LogP contribution in [0.4, 0.5) is 0 Å². The molecule has 2 aromatic rings. The zero-order valence-corrected chi connectivity index (χ0v) is 19.8. The van der Waals surface area contributed by atoms with E-state index in [2.05, 4.69) is 56.0 Å². The molecule has 0 radical (unpaired) electrons. The summed E-state index contributed by atoms with van der Waals surface area (Å²) in [5.41, 5.74) is 5.65. The molecule has 2 heterocycles. The number of nitrogens with zero attached hydrogens (tertiary/aromatic N) is 3. The summed E-state index contributed by atoms with van der Waals surface area (Å²) in [5, 5.41) is 6.64. The van der Waals surface area contributed by atoms with E-state index in [4.69, 9.17) is 9.84 Å². The fourth-order valence-corrected chi connectivity index (χ4v) is 4.89. The van der Waals surface area contributed by atoms with Crippen molar-refractivity contribution in [1.82, 2.24) is 9.91 Å². The molecule has 170 valence electrons. The Labute approximate surface area is 192 Å². The Morgan fingerprint density at radius 1 is 1.12 bits per heavy atom. The Morgan fingerprint density at radius 3 is 2.59 bits per heavy atom. The molecule has 4 rings (SSSR count). The van der Waals surface area contributed by atoms with E-state index in [0.717, 1.165) is 48.4 Å². The van der Waals surface area contributed by atoms with E-state index in [9.17, 15) is 4.79 Å². The van der Waals surface area contributed by atoms with E-state index >= 15 is 0 Å². The van der Waals surface area contributed by atoms with Gasteiger partial charge in [-0.15, -0.1) is 0 Å². The number of hydrazone groups is 1. The van der Waals surface area contributed by atoms with E-state index in [1.165, 1.54) is 17.5 Å². The maximum Gasteiger partial charge on any atom is 0.257 e. The second-order valence-corrected chi connectivity index (χ2v) is 9.14. The third-order valence-corrected chi connectivity index (χ3v) is 6.71. The van der Waals surface area contributed by atoms with Crippen LogP contribution in [0.2, 0.25) is 0 Å². The van der Waals surface area contributed by atoms with E-state index in [1.807, 2.05) is 19.1 Å². The van der Waals surface area contributed by atoms with Gasteiger partial charge in [-0.3, -0.25) is 9.69 Å². The van der Waals surface area contributed by atoms with E-state index < -0.39 is 0 Å². The molecule has 32 heavy (non-hydrogen) atoms. The van der Waals surface area contributed by atoms with Crippen molar-refractivity contribution in [3.8, 4) is 5.75 Å². The lowest BCUT2D eigenvalue weighted by Crippen LogP contribution is -2.44. The van der Waals surface area contributed by atoms with Gasteiger partial charge < -0.3 is 4.74 Å². The first kappa shape index (κ1) is 22.5. The van der Waals surface area contributed by atoms with Gasteiger partial charge in [-0.05, 0) is 70.3 Å². The number of carbonyl (C=O) groups is 1. The lowest BCUT2D eigenvalue weighted by atomic mass is 9.95. The van der Waals surface area contributed by atoms with Gasteiger partial charge in [0.1, 0.15) is 5.75 Å². The topological polar surface area (TPSA) is 45.1 Å². The smallest absolute Gasteiger partial charge is 0.257 e. The van der Waals surface area contributed by atoms with Crippen LogP contribution >= 0.6 is 0 Å². The number of piperidine rings is 1. The Hall–Kier alpha value is -2.66. The minimum absolute atomic E-state index is 0.0809. The molecular weight excluding hydrogens is 398 g/mol. The summed E-state index contributed by atoms with van der Waals surface area (Å²) < 4.78 is 5.61. The van der Waals surface area contributed by atoms with E-state index in [0.29, 0.717) is 19.2 Å². The van der Waals surface area contributed by atoms with Gasteiger partial charge in [-0.1, -0.05) is 42.3 Å². The predicted molar refractivity (Wildman–Crippen MR) is 129 cm³/mol. The minimum Gasteiger partial charge on any atom is -0.494 e. The number of carbonyl (C=O) groups excluding carboxylic acids is 1. The lowest BCUT2D eigenvalue weighted by molar-refractivity contribution is -0.135. The van der Waals surface area contributed by atoms with Crippen molar-refractivity contribution in [3.05, 3.63) is 64.7 Å². The van der Waals surface area contributed by atoms with Crippen LogP contribution in [0.5, 0.6) is 5.75 Å². The Morgan fingerprint density at radius 2 is 1.91 bits per heavy atom. The third kappa shape index (κ3) is 4.88. The van der Waals surface area contributed by atoms with Gasteiger partial charge in [0.05, 0.1) is 24.9 Å². The number of ether oxygens (including phenoxy) is 1. The van der Waals surface area contributed by atoms with Crippen molar-refractivity contribution in [3.63, 3.8) is 0 Å². The van der Waals surface area contributed by atoms with Crippen molar-refractivity contribution < 1.29 is 9.53 Å². The zero-order chi connectivity index (χ0) is 22.7. The Kier molecular flexibility index (Phi) is 6.95. The molecule has 2 atom stereocenters. The van der Waals surface area contributed by atoms with Gasteiger partial charge in [-0.25, -0.2) is 5.01 Å². The van der Waals surface area contributed by atoms with Crippen LogP contribution in [-0.4, -0.2) is 47.3 Å². The standard InChI is InChI=1S/C27H35N3O2/c1-5-32-23-12-10-22(11-13-23)26-17-25(24-14-9-19(2)16-20(24)3)28-30(26)27(31)18-29-15-7-6-8-21(29)4/h9-14,16,21,26H,5-8,15,17-18H2,1-4H3. The van der Waals surface area contributed by atoms with Crippen LogP contribution in [0, 0.1) is 13.8 Å². The first-order chi connectivity index (χ1) is 15.5. The summed E-state index contributed by atoms with van der Waals surface area (Å²) >= 11 is 0. The molecule has 0 aliphatic carbocycles. The summed E-state index contributed by atoms with van der Waals surface area (Å²) in [6.07, 6.45) is 4.29. The fraction of sp³-hybridized carbons (Fsp3) is 0.481. The highest BCUT2D eigenvalue weighted by Crippen LogP contribution is 2.34. The summed E-state index contributed by atoms with van der Waals surface area (Å²) in [4.78, 5) is 15.8. The quantitative estimate of drug-likeness (QED) is 0.625. The second-order valence-electron chi connectivity index (χ2n) is 9.14. The predicted octanol–water partition coefficient (Wildman–Crippen LogP) is 5.25. The average molecular weight is 434 g/mol. The Bertz CT molecular complexity index is 983. The number of hydrogen-bond donors (Lipinski definition) is 0. The molecule has 1 fully saturated rings. The molecule has 0 saturated carbocycles. The molecule has 2 aliphatic rings. The molecule has 2 unspecified atom stereocenters. The SMILES string of the molecule is CCOc1ccc(C2CC(c3ccc(C)cc3C)=NN2C(=O)CN2CCCCC2C)cc1. The first-order valence-corrected chi connectivity index (χ1v) is 11.9. The maximum atomic E-state index is 13.5. The average Bonchev–Trinajstić information content (AvgIpc) is 3.21. The summed E-state index contributed by atoms with van der Waals surface area (Å²) in [5.74, 6) is 0.933. The minimum atomic E-state index is -0.0889. The number of amides is 1. The van der Waals surface area contributed by atoms with Crippen LogP contribution in [0.1, 0.15) is 67.8 Å². The monoisotopic (exact) mass is 433 g/mol. The van der Waals surface area contributed by atoms with Crippen LogP contribution in [0.15, 0.2) is 47.6 Å². The molecule has 2 aromatic carbocycles. The molecule has 0 aromatic heterocycles. The summed E-state index contributed by atoms with van der Waals surface area (Å²) in [6, 6.07) is 14.9. The van der Waals surface area contributed by atoms with Gasteiger partial charge in [0.25, 0.3) is 5.91 Å². The molecule has 0 bridgehead atoms. The Balaban J connectivity index is 1.62. The van der Waals surface area contributed by atoms with E-state index in [-0.39, 0.29) is 11.9 Å². The largest absolute Gasteiger partial charge is 0.494 e. The van der Waals surface area contributed by atoms with Crippen molar-refractivity contribution in [2.24, 2.45) is 5.10 Å². The van der Waals surface area contributed by atoms with Crippen molar-refractivity contribution >= 4 is 11.6 Å². The van der Waals surface area contributed by atoms with Crippen LogP contribution in [-0.2, 0) is 4.79 Å². The molecule has 0 N–H and O–H groups in total. The number of hydrogen-bond acceptors (Lipinski definition) is 4. The van der Waals surface area contributed by atoms with Crippen LogP contribution < -0.4 is 4.74 Å². The van der Waals surface area contributed by atoms with E-state index in [1.54, 1.807) is 5.01 Å². The van der Waals surface area contributed by atoms with Gasteiger partial charge >= 0.3 is 0 Å². The lowest BCUT2D eigenvalue weighted by Gasteiger charge is -2.34. The van der Waals surface area contributed by atoms with Crippen LogP contribution in [0.3, 0.4) is 0 Å². The third-order valence-electron chi connectivity index (χ3n) is 6.71. The highest BCUT2D eigenvalue weighted by Gasteiger charge is 2.35. The maximum absolute atomic E-state index is 13.5. The molecule has 0 spiro atoms. The van der Waals surface area contributed by atoms with Gasteiger partial charge in [0.15, 0.2) is 0 Å². The first-order valence-electron chi connectivity index (χ1n) is 11.9.